The molecule has 4 heteroatoms. The lowest BCUT2D eigenvalue weighted by Gasteiger charge is -2.17. The zero-order valence-electron chi connectivity index (χ0n) is 12.5. The molecular formula is C16H22O3S. The Balaban J connectivity index is 2.65. The van der Waals surface area contributed by atoms with Crippen molar-refractivity contribution in [2.24, 2.45) is 0 Å². The molecule has 0 amide bonds. The fourth-order valence-corrected chi connectivity index (χ4v) is 3.68. The fourth-order valence-electron chi connectivity index (χ4n) is 2.53. The molecule has 0 saturated heterocycles. The lowest BCUT2D eigenvalue weighted by atomic mass is 9.98. The van der Waals surface area contributed by atoms with Crippen molar-refractivity contribution in [3.05, 3.63) is 34.4 Å². The van der Waals surface area contributed by atoms with E-state index in [1.165, 1.54) is 34.0 Å². The van der Waals surface area contributed by atoms with Crippen LogP contribution in [0.25, 0.3) is 0 Å². The number of aliphatic carboxylic acids is 1. The predicted octanol–water partition coefficient (Wildman–Crippen LogP) is 4.19. The van der Waals surface area contributed by atoms with E-state index in [4.69, 9.17) is 5.11 Å². The average molecular weight is 294 g/mol. The summed E-state index contributed by atoms with van der Waals surface area (Å²) in [6.07, 6.45) is 0.800. The Morgan fingerprint density at radius 2 is 1.70 bits per heavy atom. The van der Waals surface area contributed by atoms with Gasteiger partial charge >= 0.3 is 5.97 Å². The van der Waals surface area contributed by atoms with Gasteiger partial charge in [0, 0.05) is 18.1 Å². The molecule has 1 atom stereocenters. The number of rotatable bonds is 6. The molecule has 0 spiro atoms. The summed E-state index contributed by atoms with van der Waals surface area (Å²) in [7, 11) is 0. The number of carboxylic acids is 1. The summed E-state index contributed by atoms with van der Waals surface area (Å²) < 4.78 is 0. The first-order chi connectivity index (χ1) is 9.31. The summed E-state index contributed by atoms with van der Waals surface area (Å²) >= 11 is 1.31. The number of hydrogen-bond donors (Lipinski definition) is 1. The molecule has 0 aliphatic rings. The van der Waals surface area contributed by atoms with Crippen LogP contribution in [0.3, 0.4) is 0 Å². The molecular weight excluding hydrogens is 272 g/mol. The average Bonchev–Trinajstić information content (AvgIpc) is 2.26. The molecule has 3 nitrogen and oxygen atoms in total. The number of carbonyl (C=O) groups excluding carboxylic acids is 1. The van der Waals surface area contributed by atoms with E-state index in [1.54, 1.807) is 0 Å². The lowest BCUT2D eigenvalue weighted by Crippen LogP contribution is -2.03. The highest BCUT2D eigenvalue weighted by molar-refractivity contribution is 8.13. The van der Waals surface area contributed by atoms with E-state index in [2.05, 4.69) is 32.9 Å². The second-order valence-corrected chi connectivity index (χ2v) is 6.59. The van der Waals surface area contributed by atoms with Gasteiger partial charge in [0.15, 0.2) is 5.12 Å². The summed E-state index contributed by atoms with van der Waals surface area (Å²) in [4.78, 5) is 22.3. The van der Waals surface area contributed by atoms with Crippen LogP contribution in [-0.2, 0) is 9.59 Å². The standard InChI is InChI=1S/C16H22O3S/c1-10-8-11(2)16(12(3)9-10)13(4)20-15(19)7-5-6-14(17)18/h8-9,13H,5-7H2,1-4H3,(H,17,18)/t13-/m0/s1. The Hall–Kier alpha value is -1.29. The molecule has 110 valence electrons. The summed E-state index contributed by atoms with van der Waals surface area (Å²) in [5.74, 6) is -0.846. The van der Waals surface area contributed by atoms with Crippen LogP contribution in [0.2, 0.25) is 0 Å². The molecule has 0 radical (unpaired) electrons. The minimum Gasteiger partial charge on any atom is -0.481 e. The fraction of sp³-hybridized carbons (Fsp3) is 0.500. The number of hydrogen-bond acceptors (Lipinski definition) is 3. The Labute approximate surface area is 124 Å². The number of aryl methyl sites for hydroxylation is 3. The molecule has 0 heterocycles. The van der Waals surface area contributed by atoms with Gasteiger partial charge in [0.25, 0.3) is 0 Å². The van der Waals surface area contributed by atoms with Gasteiger partial charge in [-0.3, -0.25) is 9.59 Å². The van der Waals surface area contributed by atoms with E-state index in [1.807, 2.05) is 6.92 Å². The summed E-state index contributed by atoms with van der Waals surface area (Å²) in [6, 6.07) is 4.27. The van der Waals surface area contributed by atoms with Gasteiger partial charge in [0.1, 0.15) is 0 Å². The van der Waals surface area contributed by atoms with E-state index in [0.717, 1.165) is 0 Å². The van der Waals surface area contributed by atoms with E-state index in [9.17, 15) is 9.59 Å². The monoisotopic (exact) mass is 294 g/mol. The van der Waals surface area contributed by atoms with Crippen LogP contribution < -0.4 is 0 Å². The van der Waals surface area contributed by atoms with Crippen molar-refractivity contribution < 1.29 is 14.7 Å². The minimum atomic E-state index is -0.846. The van der Waals surface area contributed by atoms with Crippen molar-refractivity contribution in [2.45, 2.75) is 52.2 Å². The number of benzene rings is 1. The molecule has 0 aliphatic heterocycles. The summed E-state index contributed by atoms with van der Waals surface area (Å²) in [5, 5.41) is 8.74. The lowest BCUT2D eigenvalue weighted by molar-refractivity contribution is -0.137. The maximum Gasteiger partial charge on any atom is 0.303 e. The van der Waals surface area contributed by atoms with Crippen molar-refractivity contribution in [3.63, 3.8) is 0 Å². The van der Waals surface area contributed by atoms with Gasteiger partial charge in [-0.05, 0) is 50.8 Å². The second-order valence-electron chi connectivity index (χ2n) is 5.19. The van der Waals surface area contributed by atoms with Gasteiger partial charge in [-0.1, -0.05) is 29.5 Å². The van der Waals surface area contributed by atoms with Gasteiger partial charge in [-0.25, -0.2) is 0 Å². The van der Waals surface area contributed by atoms with Crippen molar-refractivity contribution in [1.29, 1.82) is 0 Å². The Bertz CT molecular complexity index is 485. The SMILES string of the molecule is Cc1cc(C)c([C@H](C)SC(=O)CCCC(=O)O)c(C)c1. The van der Waals surface area contributed by atoms with Gasteiger partial charge in [-0.15, -0.1) is 0 Å². The van der Waals surface area contributed by atoms with Gasteiger partial charge in [0.2, 0.25) is 0 Å². The Morgan fingerprint density at radius 1 is 1.15 bits per heavy atom. The third-order valence-electron chi connectivity index (χ3n) is 3.22. The first kappa shape index (κ1) is 16.8. The van der Waals surface area contributed by atoms with Crippen LogP contribution in [0.4, 0.5) is 0 Å². The summed E-state index contributed by atoms with van der Waals surface area (Å²) in [5.41, 5.74) is 4.86. The Morgan fingerprint density at radius 3 is 2.20 bits per heavy atom. The molecule has 20 heavy (non-hydrogen) atoms. The second kappa shape index (κ2) is 7.48. The highest BCUT2D eigenvalue weighted by Crippen LogP contribution is 2.34. The number of thioether (sulfide) groups is 1. The molecule has 0 unspecified atom stereocenters. The van der Waals surface area contributed by atoms with E-state index >= 15 is 0 Å². The maximum absolute atomic E-state index is 11.9. The molecule has 0 aliphatic carbocycles. The zero-order chi connectivity index (χ0) is 15.3. The van der Waals surface area contributed by atoms with Crippen LogP contribution in [-0.4, -0.2) is 16.2 Å². The van der Waals surface area contributed by atoms with Crippen LogP contribution in [0.15, 0.2) is 12.1 Å². The molecule has 1 aromatic rings. The summed E-state index contributed by atoms with van der Waals surface area (Å²) in [6.45, 7) is 8.24. The third kappa shape index (κ3) is 5.00. The highest BCUT2D eigenvalue weighted by atomic mass is 32.2. The normalized spacial score (nSPS) is 12.2. The van der Waals surface area contributed by atoms with Crippen molar-refractivity contribution in [2.75, 3.05) is 0 Å². The smallest absolute Gasteiger partial charge is 0.303 e. The van der Waals surface area contributed by atoms with Crippen LogP contribution in [0.5, 0.6) is 0 Å². The first-order valence-electron chi connectivity index (χ1n) is 6.80. The zero-order valence-corrected chi connectivity index (χ0v) is 13.3. The highest BCUT2D eigenvalue weighted by Gasteiger charge is 2.16. The first-order valence-corrected chi connectivity index (χ1v) is 7.68. The van der Waals surface area contributed by atoms with Crippen molar-refractivity contribution in [3.8, 4) is 0 Å². The predicted molar refractivity (Wildman–Crippen MR) is 83.2 cm³/mol. The van der Waals surface area contributed by atoms with E-state index in [0.29, 0.717) is 12.8 Å². The number of carbonyl (C=O) groups is 2. The van der Waals surface area contributed by atoms with Crippen LogP contribution in [0.1, 0.15) is 53.7 Å². The van der Waals surface area contributed by atoms with Crippen LogP contribution in [0, 0.1) is 20.8 Å². The van der Waals surface area contributed by atoms with Crippen molar-refractivity contribution >= 4 is 22.8 Å². The van der Waals surface area contributed by atoms with Crippen molar-refractivity contribution in [1.82, 2.24) is 0 Å². The van der Waals surface area contributed by atoms with Crippen LogP contribution >= 0.6 is 11.8 Å². The Kier molecular flexibility index (Phi) is 6.27. The molecule has 0 bridgehead atoms. The van der Waals surface area contributed by atoms with Gasteiger partial charge in [0.05, 0.1) is 0 Å². The van der Waals surface area contributed by atoms with E-state index in [-0.39, 0.29) is 16.8 Å². The molecule has 0 saturated carbocycles. The maximum atomic E-state index is 11.9. The minimum absolute atomic E-state index is 0.0588. The molecule has 1 N–H and O–H groups in total. The third-order valence-corrected chi connectivity index (χ3v) is 4.28. The van der Waals surface area contributed by atoms with Gasteiger partial charge in [-0.2, -0.15) is 0 Å². The number of carboxylic acid groups (broad SMARTS) is 1. The molecule has 0 aromatic heterocycles. The quantitative estimate of drug-likeness (QED) is 0.854. The largest absolute Gasteiger partial charge is 0.481 e. The van der Waals surface area contributed by atoms with Gasteiger partial charge < -0.3 is 5.11 Å². The topological polar surface area (TPSA) is 54.4 Å². The molecule has 1 aromatic carbocycles. The van der Waals surface area contributed by atoms with E-state index < -0.39 is 5.97 Å². The molecule has 0 fully saturated rings. The molecule has 1 rings (SSSR count).